The van der Waals surface area contributed by atoms with Gasteiger partial charge in [-0.25, -0.2) is 52.6 Å². The third kappa shape index (κ3) is 9.61. The van der Waals surface area contributed by atoms with Crippen LogP contribution in [0.2, 0.25) is 0 Å². The van der Waals surface area contributed by atoms with Crippen LogP contribution < -0.4 is 18.9 Å². The fourth-order valence-electron chi connectivity index (χ4n) is 3.61. The maximum atomic E-state index is 13.9. The van der Waals surface area contributed by atoms with Gasteiger partial charge in [0, 0.05) is 51.9 Å². The van der Waals surface area contributed by atoms with Crippen LogP contribution in [0.1, 0.15) is 64.7 Å². The first-order chi connectivity index (χ1) is 18.7. The lowest BCUT2D eigenvalue weighted by molar-refractivity contribution is 0.494. The summed E-state index contributed by atoms with van der Waals surface area (Å²) in [6.45, 7) is -1.03. The van der Waals surface area contributed by atoms with Crippen LogP contribution in [-0.2, 0) is 40.1 Å². The van der Waals surface area contributed by atoms with Gasteiger partial charge in [-0.3, -0.25) is 0 Å². The molecule has 226 valence electrons. The van der Waals surface area contributed by atoms with Gasteiger partial charge in [0.15, 0.2) is 0 Å². The number of unbranched alkanes of at least 4 members (excludes halogenated alkanes) is 3. The number of nitriles is 4. The van der Waals surface area contributed by atoms with Crippen LogP contribution in [0.3, 0.4) is 0 Å². The highest BCUT2D eigenvalue weighted by Crippen LogP contribution is 2.39. The predicted octanol–water partition coefficient (Wildman–Crippen LogP) is -0.688. The lowest BCUT2D eigenvalue weighted by Crippen LogP contribution is -2.71. The number of nitrogens with zero attached hydrogens (tertiary/aromatic N) is 4. The Kier molecular flexibility index (Phi) is 16.4. The molecule has 0 aliphatic heterocycles. The average Bonchev–Trinajstić information content (AvgIpc) is 2.85. The largest absolute Gasteiger partial charge is 0.330 e. The van der Waals surface area contributed by atoms with Crippen LogP contribution in [0, 0.1) is 45.3 Å². The molecular weight excluding hydrogens is 609 g/mol. The monoisotopic (exact) mass is 642 g/mol. The molecule has 4 N–H and O–H groups in total. The molecule has 1 unspecified atom stereocenters. The summed E-state index contributed by atoms with van der Waals surface area (Å²) in [5.74, 6) is 0. The van der Waals surface area contributed by atoms with E-state index in [2.05, 4.69) is 0 Å². The van der Waals surface area contributed by atoms with Crippen molar-refractivity contribution in [3.63, 3.8) is 0 Å². The van der Waals surface area contributed by atoms with E-state index in [1.165, 1.54) is 0 Å². The van der Waals surface area contributed by atoms with Gasteiger partial charge in [0.25, 0.3) is 30.1 Å². The van der Waals surface area contributed by atoms with Gasteiger partial charge in [-0.05, 0) is 6.42 Å². The minimum absolute atomic E-state index is 0.103. The van der Waals surface area contributed by atoms with E-state index in [0.717, 1.165) is 0 Å². The van der Waals surface area contributed by atoms with E-state index in [1.54, 1.807) is 38.4 Å². The van der Waals surface area contributed by atoms with Crippen LogP contribution >= 0.6 is 0 Å². The highest BCUT2D eigenvalue weighted by molar-refractivity contribution is 8.25. The fourth-order valence-corrected chi connectivity index (χ4v) is 15.0. The lowest BCUT2D eigenvalue weighted by Gasteiger charge is -2.38. The van der Waals surface area contributed by atoms with Crippen LogP contribution in [0.25, 0.3) is 0 Å². The fraction of sp³-hybridized carbons (Fsp3) is 0.800. The second kappa shape index (κ2) is 17.4. The Bertz CT molecular complexity index is 1300. The summed E-state index contributed by atoms with van der Waals surface area (Å²) in [7, 11) is -22.4. The van der Waals surface area contributed by atoms with Crippen molar-refractivity contribution in [2.45, 2.75) is 73.4 Å². The molecule has 0 amide bonds. The minimum Gasteiger partial charge on any atom is -0.214 e. The summed E-state index contributed by atoms with van der Waals surface area (Å²) in [6.07, 6.45) is -1.35. The first-order valence-corrected chi connectivity index (χ1v) is 18.1. The maximum Gasteiger partial charge on any atom is 0.330 e. The van der Waals surface area contributed by atoms with Gasteiger partial charge in [-0.1, -0.05) is 32.6 Å². The lowest BCUT2D eigenvalue weighted by atomic mass is 10.1. The Morgan fingerprint density at radius 3 is 1.25 bits per heavy atom. The summed E-state index contributed by atoms with van der Waals surface area (Å²) in [6, 6.07) is 6.48. The van der Waals surface area contributed by atoms with Crippen LogP contribution in [0.15, 0.2) is 0 Å². The van der Waals surface area contributed by atoms with Crippen molar-refractivity contribution >= 4 is 40.1 Å². The smallest absolute Gasteiger partial charge is 0.214 e. The predicted molar refractivity (Wildman–Crippen MR) is 144 cm³/mol. The molecule has 0 spiro atoms. The first kappa shape index (κ1) is 37.6. The zero-order chi connectivity index (χ0) is 30.9. The molecule has 0 radical (unpaired) electrons. The number of rotatable bonds is 22. The molecule has 0 saturated heterocycles. The summed E-state index contributed by atoms with van der Waals surface area (Å²) in [4.78, 5) is 0. The molecule has 0 aromatic carbocycles. The Morgan fingerprint density at radius 2 is 0.925 bits per heavy atom. The number of hydrogen-bond donors (Lipinski definition) is 4. The Morgan fingerprint density at radius 1 is 0.575 bits per heavy atom. The molecule has 0 fully saturated rings. The van der Waals surface area contributed by atoms with Crippen LogP contribution in [0.4, 0.5) is 0 Å². The van der Waals surface area contributed by atoms with Gasteiger partial charge < -0.3 is 0 Å². The van der Waals surface area contributed by atoms with Gasteiger partial charge in [0.1, 0.15) is 5.25 Å². The molecule has 20 heteroatoms. The average molecular weight is 643 g/mol. The molecule has 16 nitrogen and oxygen atoms in total. The van der Waals surface area contributed by atoms with E-state index in [9.17, 15) is 33.7 Å². The van der Waals surface area contributed by atoms with Gasteiger partial charge in [0.2, 0.25) is 10.0 Å². The number of sulfonamides is 4. The summed E-state index contributed by atoms with van der Waals surface area (Å²) < 4.78 is 113. The van der Waals surface area contributed by atoms with E-state index in [1.807, 2.05) is 11.6 Å². The van der Waals surface area contributed by atoms with Crippen molar-refractivity contribution in [2.75, 3.05) is 26.2 Å². The third-order valence-corrected chi connectivity index (χ3v) is 16.5. The van der Waals surface area contributed by atoms with Crippen molar-refractivity contribution in [1.29, 1.82) is 21.0 Å². The quantitative estimate of drug-likeness (QED) is 0.107. The highest BCUT2D eigenvalue weighted by atomic mass is 32.3. The van der Waals surface area contributed by atoms with Gasteiger partial charge in [-0.2, -0.15) is 21.0 Å². The van der Waals surface area contributed by atoms with Crippen molar-refractivity contribution in [1.82, 2.24) is 18.9 Å². The zero-order valence-corrected chi connectivity index (χ0v) is 25.2. The molecule has 40 heavy (non-hydrogen) atoms. The van der Waals surface area contributed by atoms with Crippen LogP contribution in [0.5, 0.6) is 0 Å². The summed E-state index contributed by atoms with van der Waals surface area (Å²) >= 11 is 0. The Labute approximate surface area is 236 Å². The van der Waals surface area contributed by atoms with Crippen molar-refractivity contribution in [3.05, 3.63) is 0 Å². The van der Waals surface area contributed by atoms with Crippen molar-refractivity contribution in [2.24, 2.45) is 0 Å². The molecule has 0 rings (SSSR count). The molecule has 1 atom stereocenters. The van der Waals surface area contributed by atoms with E-state index in [4.69, 9.17) is 21.0 Å². The normalized spacial score (nSPS) is 13.4. The molecule has 0 aromatic heterocycles. The van der Waals surface area contributed by atoms with Gasteiger partial charge >= 0.3 is 3.41 Å². The van der Waals surface area contributed by atoms with E-state index < -0.39 is 107 Å². The Balaban J connectivity index is 7.81. The maximum absolute atomic E-state index is 13.9. The molecule has 0 bridgehead atoms. The molecule has 0 saturated carbocycles. The molecule has 0 aliphatic rings. The van der Waals surface area contributed by atoms with Crippen molar-refractivity contribution in [3.8, 4) is 24.3 Å². The SMILES string of the molecule is CCCCCCC(C(S(=O)(=O)NCCC#N)(S(=O)(=O)NCCC#N)S(=O)(=O)NCCC#N)S(=O)(=O)NCCC#N. The topological polar surface area (TPSA) is 280 Å². The van der Waals surface area contributed by atoms with E-state index in [0.29, 0.717) is 19.3 Å². The standard InChI is InChI=1S/C20H34N8O8S4/c1-2-3-4-5-10-19(37(29,30)25-15-6-11-21)20(38(31,32)26-16-7-12-22,39(33,34)27-17-8-13-23)40(35,36)28-18-9-14-24/h19,25-28H,2-10,15-18H2,1H3. The molecule has 0 heterocycles. The number of hydrogen-bond acceptors (Lipinski definition) is 12. The van der Waals surface area contributed by atoms with Gasteiger partial charge in [0.05, 0.1) is 24.3 Å². The van der Waals surface area contributed by atoms with Crippen LogP contribution in [-0.4, -0.2) is 68.5 Å². The van der Waals surface area contributed by atoms with E-state index in [-0.39, 0.29) is 6.42 Å². The second-order valence-corrected chi connectivity index (χ2v) is 16.7. The highest BCUT2D eigenvalue weighted by Gasteiger charge is 2.72. The van der Waals surface area contributed by atoms with Crippen molar-refractivity contribution < 1.29 is 33.7 Å². The molecular formula is C20H34N8O8S4. The zero-order valence-electron chi connectivity index (χ0n) is 22.0. The molecule has 0 aliphatic carbocycles. The summed E-state index contributed by atoms with van der Waals surface area (Å²) in [5.41, 5.74) is 0. The Hall–Kier alpha value is -2.40. The minimum atomic E-state index is -5.75. The van der Waals surface area contributed by atoms with Gasteiger partial charge in [-0.15, -0.1) is 0 Å². The summed E-state index contributed by atoms with van der Waals surface area (Å²) in [5, 5.41) is 32.7. The second-order valence-electron chi connectivity index (χ2n) is 8.21. The third-order valence-electron chi connectivity index (χ3n) is 5.34. The van der Waals surface area contributed by atoms with E-state index >= 15 is 0 Å². The molecule has 0 aromatic rings. The number of nitrogens with one attached hydrogen (secondary N) is 4. The first-order valence-electron chi connectivity index (χ1n) is 12.1.